The zero-order valence-electron chi connectivity index (χ0n) is 17.7. The summed E-state index contributed by atoms with van der Waals surface area (Å²) in [4.78, 5) is 0. The van der Waals surface area contributed by atoms with E-state index >= 15 is 0 Å². The van der Waals surface area contributed by atoms with Crippen molar-refractivity contribution in [3.63, 3.8) is 0 Å². The Labute approximate surface area is 195 Å². The average Bonchev–Trinajstić information content (AvgIpc) is 3.37. The smallest absolute Gasteiger partial charge is 0.0641 e. The van der Waals surface area contributed by atoms with E-state index in [4.69, 9.17) is 11.6 Å². The van der Waals surface area contributed by atoms with Gasteiger partial charge in [0.15, 0.2) is 0 Å². The molecule has 0 saturated heterocycles. The number of hydrogen-bond acceptors (Lipinski definition) is 0. The highest BCUT2D eigenvalue weighted by atomic mass is 35.5. The SMILES string of the molecule is Clc1ccc2c3ccc4c(c5ccccc5n4-c4ccccc4)c3n(-c3ccccc3)c2c1. The van der Waals surface area contributed by atoms with Crippen LogP contribution in [0.15, 0.2) is 115 Å². The van der Waals surface area contributed by atoms with Crippen LogP contribution in [0.1, 0.15) is 0 Å². The van der Waals surface area contributed by atoms with Gasteiger partial charge in [-0.15, -0.1) is 0 Å². The van der Waals surface area contributed by atoms with Crippen molar-refractivity contribution in [2.24, 2.45) is 0 Å². The summed E-state index contributed by atoms with van der Waals surface area (Å²) in [7, 11) is 0. The molecule has 0 unspecified atom stereocenters. The van der Waals surface area contributed by atoms with Gasteiger partial charge in [0.2, 0.25) is 0 Å². The third kappa shape index (κ3) is 2.62. The van der Waals surface area contributed by atoms with Gasteiger partial charge in [-0.05, 0) is 48.5 Å². The molecule has 7 aromatic rings. The fourth-order valence-electron chi connectivity index (χ4n) is 5.23. The van der Waals surface area contributed by atoms with E-state index in [1.165, 1.54) is 38.1 Å². The number of fused-ring (bicyclic) bond motifs is 7. The quantitative estimate of drug-likeness (QED) is 0.254. The fraction of sp³-hybridized carbons (Fsp3) is 0. The molecule has 156 valence electrons. The molecular weight excluding hydrogens is 424 g/mol. The van der Waals surface area contributed by atoms with Crippen LogP contribution in [-0.2, 0) is 0 Å². The maximum Gasteiger partial charge on any atom is 0.0641 e. The van der Waals surface area contributed by atoms with Gasteiger partial charge in [0, 0.05) is 37.9 Å². The van der Waals surface area contributed by atoms with Crippen molar-refractivity contribution >= 4 is 55.2 Å². The molecule has 33 heavy (non-hydrogen) atoms. The van der Waals surface area contributed by atoms with E-state index in [0.717, 1.165) is 21.9 Å². The number of hydrogen-bond donors (Lipinski definition) is 0. The Hall–Kier alpha value is -4.01. The molecule has 2 aromatic heterocycles. The van der Waals surface area contributed by atoms with E-state index in [0.29, 0.717) is 0 Å². The first-order chi connectivity index (χ1) is 16.3. The molecule has 0 aliphatic rings. The molecule has 0 atom stereocenters. The van der Waals surface area contributed by atoms with Gasteiger partial charge in [-0.3, -0.25) is 0 Å². The molecule has 7 rings (SSSR count). The Balaban J connectivity index is 1.77. The van der Waals surface area contributed by atoms with Crippen molar-refractivity contribution in [2.45, 2.75) is 0 Å². The lowest BCUT2D eigenvalue weighted by molar-refractivity contribution is 1.17. The maximum absolute atomic E-state index is 6.49. The fourth-order valence-corrected chi connectivity index (χ4v) is 5.40. The first-order valence-corrected chi connectivity index (χ1v) is 11.5. The highest BCUT2D eigenvalue weighted by Gasteiger charge is 2.20. The van der Waals surface area contributed by atoms with Crippen LogP contribution in [0.3, 0.4) is 0 Å². The molecule has 0 aliphatic carbocycles. The van der Waals surface area contributed by atoms with Gasteiger partial charge in [-0.2, -0.15) is 0 Å². The number of nitrogens with zero attached hydrogens (tertiary/aromatic N) is 2. The van der Waals surface area contributed by atoms with Crippen molar-refractivity contribution in [1.29, 1.82) is 0 Å². The number of rotatable bonds is 2. The van der Waals surface area contributed by atoms with Gasteiger partial charge in [-0.1, -0.05) is 78.3 Å². The van der Waals surface area contributed by atoms with Crippen LogP contribution in [0.5, 0.6) is 0 Å². The summed E-state index contributed by atoms with van der Waals surface area (Å²) in [6.07, 6.45) is 0. The number of halogens is 1. The standard InChI is InChI=1S/C30H19ClN2/c31-20-15-16-23-24-17-18-27-29(30(24)33(28(23)19-20)22-11-5-2-6-12-22)25-13-7-8-14-26(25)32(27)21-9-3-1-4-10-21/h1-19H. The Morgan fingerprint density at radius 1 is 0.455 bits per heavy atom. The van der Waals surface area contributed by atoms with Gasteiger partial charge in [0.05, 0.1) is 22.1 Å². The molecule has 0 spiro atoms. The molecule has 0 bridgehead atoms. The van der Waals surface area contributed by atoms with Crippen molar-refractivity contribution in [3.05, 3.63) is 120 Å². The third-order valence-electron chi connectivity index (χ3n) is 6.55. The first-order valence-electron chi connectivity index (χ1n) is 11.1. The van der Waals surface area contributed by atoms with Gasteiger partial charge in [0.25, 0.3) is 0 Å². The van der Waals surface area contributed by atoms with Crippen molar-refractivity contribution in [1.82, 2.24) is 9.13 Å². The molecule has 0 radical (unpaired) electrons. The first kappa shape index (κ1) is 18.6. The Morgan fingerprint density at radius 2 is 1.09 bits per heavy atom. The summed E-state index contributed by atoms with van der Waals surface area (Å²) in [6.45, 7) is 0. The molecule has 0 fully saturated rings. The molecule has 2 nitrogen and oxygen atoms in total. The highest BCUT2D eigenvalue weighted by Crippen LogP contribution is 2.42. The molecular formula is C30H19ClN2. The second-order valence-electron chi connectivity index (χ2n) is 8.38. The van der Waals surface area contributed by atoms with E-state index in [1.807, 2.05) is 6.07 Å². The van der Waals surface area contributed by atoms with Crippen LogP contribution in [0.25, 0.3) is 55.0 Å². The normalized spacial score (nSPS) is 11.8. The highest BCUT2D eigenvalue weighted by molar-refractivity contribution is 6.32. The largest absolute Gasteiger partial charge is 0.309 e. The molecule has 0 N–H and O–H groups in total. The van der Waals surface area contributed by atoms with Gasteiger partial charge < -0.3 is 9.13 Å². The maximum atomic E-state index is 6.49. The van der Waals surface area contributed by atoms with Crippen LogP contribution >= 0.6 is 11.6 Å². The Kier molecular flexibility index (Phi) is 3.93. The summed E-state index contributed by atoms with van der Waals surface area (Å²) in [6, 6.07) is 40.5. The molecule has 5 aromatic carbocycles. The van der Waals surface area contributed by atoms with Gasteiger partial charge >= 0.3 is 0 Å². The minimum atomic E-state index is 0.741. The van der Waals surface area contributed by atoms with Crippen LogP contribution < -0.4 is 0 Å². The Morgan fingerprint density at radius 3 is 1.85 bits per heavy atom. The zero-order chi connectivity index (χ0) is 21.9. The van der Waals surface area contributed by atoms with Crippen molar-refractivity contribution in [3.8, 4) is 11.4 Å². The van der Waals surface area contributed by atoms with E-state index < -0.39 is 0 Å². The average molecular weight is 443 g/mol. The molecule has 0 saturated carbocycles. The van der Waals surface area contributed by atoms with E-state index in [2.05, 4.69) is 118 Å². The van der Waals surface area contributed by atoms with Crippen LogP contribution in [0.2, 0.25) is 5.02 Å². The monoisotopic (exact) mass is 442 g/mol. The lowest BCUT2D eigenvalue weighted by Crippen LogP contribution is -1.95. The summed E-state index contributed by atoms with van der Waals surface area (Å²) >= 11 is 6.49. The minimum Gasteiger partial charge on any atom is -0.309 e. The van der Waals surface area contributed by atoms with Crippen molar-refractivity contribution < 1.29 is 0 Å². The number of benzene rings is 5. The zero-order valence-corrected chi connectivity index (χ0v) is 18.5. The molecule has 0 aliphatic heterocycles. The molecule has 3 heteroatoms. The summed E-state index contributed by atoms with van der Waals surface area (Å²) in [5, 5.41) is 5.67. The van der Waals surface area contributed by atoms with Crippen LogP contribution in [0.4, 0.5) is 0 Å². The second kappa shape index (κ2) is 6.99. The van der Waals surface area contributed by atoms with E-state index in [9.17, 15) is 0 Å². The third-order valence-corrected chi connectivity index (χ3v) is 6.79. The summed E-state index contributed by atoms with van der Waals surface area (Å²) in [5.74, 6) is 0. The second-order valence-corrected chi connectivity index (χ2v) is 8.81. The lowest BCUT2D eigenvalue weighted by atomic mass is 10.1. The molecule has 2 heterocycles. The van der Waals surface area contributed by atoms with E-state index in [1.54, 1.807) is 0 Å². The van der Waals surface area contributed by atoms with Crippen molar-refractivity contribution in [2.75, 3.05) is 0 Å². The van der Waals surface area contributed by atoms with Gasteiger partial charge in [0.1, 0.15) is 0 Å². The van der Waals surface area contributed by atoms with E-state index in [-0.39, 0.29) is 0 Å². The number of para-hydroxylation sites is 3. The topological polar surface area (TPSA) is 9.86 Å². The molecule has 0 amide bonds. The summed E-state index contributed by atoms with van der Waals surface area (Å²) < 4.78 is 4.73. The van der Waals surface area contributed by atoms with Gasteiger partial charge in [-0.25, -0.2) is 0 Å². The summed E-state index contributed by atoms with van der Waals surface area (Å²) in [5.41, 5.74) is 7.02. The Bertz CT molecular complexity index is 1810. The predicted molar refractivity (Wildman–Crippen MR) is 140 cm³/mol. The van der Waals surface area contributed by atoms with Crippen LogP contribution in [-0.4, -0.2) is 9.13 Å². The lowest BCUT2D eigenvalue weighted by Gasteiger charge is -2.10. The minimum absolute atomic E-state index is 0.741. The predicted octanol–water partition coefficient (Wildman–Crippen LogP) is 8.53. The van der Waals surface area contributed by atoms with Crippen LogP contribution in [0, 0.1) is 0 Å². The number of aromatic nitrogens is 2.